The molecule has 0 atom stereocenters. The highest BCUT2D eigenvalue weighted by Gasteiger charge is 2.31. The topological polar surface area (TPSA) is 36.4 Å². The summed E-state index contributed by atoms with van der Waals surface area (Å²) in [4.78, 5) is 7.36. The van der Waals surface area contributed by atoms with Crippen molar-refractivity contribution in [1.82, 2.24) is 4.98 Å². The van der Waals surface area contributed by atoms with Crippen molar-refractivity contribution in [3.05, 3.63) is 118 Å². The highest BCUT2D eigenvalue weighted by atomic mass is 19.4. The molecule has 6 heteroatoms. The molecule has 1 fully saturated rings. The van der Waals surface area contributed by atoms with E-state index in [4.69, 9.17) is 4.98 Å². The van der Waals surface area contributed by atoms with Crippen molar-refractivity contribution in [2.45, 2.75) is 64.3 Å². The van der Waals surface area contributed by atoms with E-state index in [-0.39, 0.29) is 12.5 Å². The van der Waals surface area contributed by atoms with E-state index in [1.807, 2.05) is 32.2 Å². The smallest absolute Gasteiger partial charge is 0.392 e. The zero-order valence-corrected chi connectivity index (χ0v) is 23.0. The molecule has 0 unspecified atom stereocenters. The quantitative estimate of drug-likeness (QED) is 0.242. The Morgan fingerprint density at radius 2 is 1.50 bits per heavy atom. The number of aromatic nitrogens is 1. The predicted molar refractivity (Wildman–Crippen MR) is 154 cm³/mol. The van der Waals surface area contributed by atoms with Gasteiger partial charge in [0.05, 0.1) is 17.9 Å². The van der Waals surface area contributed by atoms with E-state index < -0.39 is 11.7 Å². The van der Waals surface area contributed by atoms with Gasteiger partial charge in [-0.1, -0.05) is 85.1 Å². The predicted octanol–water partition coefficient (Wildman–Crippen LogP) is 8.45. The Kier molecular flexibility index (Phi) is 8.27. The SMILES string of the molecule is Cc1ccc(-c2c(Cc3ccc(C(F)(F)F)cc3)c(C3CCCC3)nc(N(C)Cc3ccccc3)c2CO)cc1. The summed E-state index contributed by atoms with van der Waals surface area (Å²) in [6.45, 7) is 2.47. The van der Waals surface area contributed by atoms with Crippen LogP contribution in [0.4, 0.5) is 19.0 Å². The molecule has 3 nitrogen and oxygen atoms in total. The van der Waals surface area contributed by atoms with Crippen molar-refractivity contribution in [3.63, 3.8) is 0 Å². The Morgan fingerprint density at radius 3 is 2.10 bits per heavy atom. The van der Waals surface area contributed by atoms with Gasteiger partial charge in [-0.25, -0.2) is 4.98 Å². The Bertz CT molecular complexity index is 1430. The summed E-state index contributed by atoms with van der Waals surface area (Å²) >= 11 is 0. The number of aliphatic hydroxyl groups excluding tert-OH is 1. The maximum atomic E-state index is 13.3. The van der Waals surface area contributed by atoms with E-state index >= 15 is 0 Å². The zero-order valence-electron chi connectivity index (χ0n) is 23.0. The first kappa shape index (κ1) is 27.9. The minimum absolute atomic E-state index is 0.199. The van der Waals surface area contributed by atoms with Gasteiger partial charge in [0.15, 0.2) is 0 Å². The fourth-order valence-electron chi connectivity index (χ4n) is 5.87. The summed E-state index contributed by atoms with van der Waals surface area (Å²) in [5.74, 6) is 1.02. The molecule has 0 spiro atoms. The van der Waals surface area contributed by atoms with Gasteiger partial charge in [-0.15, -0.1) is 0 Å². The molecule has 1 saturated carbocycles. The van der Waals surface area contributed by atoms with Crippen LogP contribution in [0.2, 0.25) is 0 Å². The third-order valence-corrected chi connectivity index (χ3v) is 7.94. The third kappa shape index (κ3) is 6.07. The lowest BCUT2D eigenvalue weighted by molar-refractivity contribution is -0.137. The molecular formula is C34H35F3N2O. The molecule has 1 aliphatic rings. The first-order valence-electron chi connectivity index (χ1n) is 13.9. The molecule has 1 N–H and O–H groups in total. The molecule has 1 heterocycles. The van der Waals surface area contributed by atoms with E-state index in [0.717, 1.165) is 88.3 Å². The molecule has 4 aromatic rings. The minimum Gasteiger partial charge on any atom is -0.392 e. The summed E-state index contributed by atoms with van der Waals surface area (Å²) in [5, 5.41) is 10.8. The highest BCUT2D eigenvalue weighted by Crippen LogP contribution is 2.43. The van der Waals surface area contributed by atoms with Crippen molar-refractivity contribution in [2.24, 2.45) is 0 Å². The number of benzene rings is 3. The van der Waals surface area contributed by atoms with Crippen LogP contribution in [0.15, 0.2) is 78.9 Å². The molecule has 5 rings (SSSR count). The van der Waals surface area contributed by atoms with E-state index in [1.165, 1.54) is 0 Å². The molecule has 0 bridgehead atoms. The maximum absolute atomic E-state index is 13.3. The monoisotopic (exact) mass is 544 g/mol. The zero-order chi connectivity index (χ0) is 28.3. The summed E-state index contributed by atoms with van der Waals surface area (Å²) in [5.41, 5.74) is 7.06. The number of hydrogen-bond acceptors (Lipinski definition) is 3. The Hall–Kier alpha value is -3.64. The first-order chi connectivity index (χ1) is 19.2. The minimum atomic E-state index is -4.38. The summed E-state index contributed by atoms with van der Waals surface area (Å²) in [6.07, 6.45) is 0.375. The van der Waals surface area contributed by atoms with E-state index in [9.17, 15) is 18.3 Å². The van der Waals surface area contributed by atoms with Gasteiger partial charge in [-0.3, -0.25) is 0 Å². The third-order valence-electron chi connectivity index (χ3n) is 7.94. The number of rotatable bonds is 8. The van der Waals surface area contributed by atoms with Gasteiger partial charge >= 0.3 is 6.18 Å². The van der Waals surface area contributed by atoms with Crippen molar-refractivity contribution in [3.8, 4) is 11.1 Å². The van der Waals surface area contributed by atoms with Crippen molar-refractivity contribution < 1.29 is 18.3 Å². The van der Waals surface area contributed by atoms with E-state index in [2.05, 4.69) is 41.3 Å². The van der Waals surface area contributed by atoms with Crippen molar-refractivity contribution in [2.75, 3.05) is 11.9 Å². The van der Waals surface area contributed by atoms with Gasteiger partial charge in [0.1, 0.15) is 5.82 Å². The number of hydrogen-bond donors (Lipinski definition) is 1. The second-order valence-corrected chi connectivity index (χ2v) is 10.9. The maximum Gasteiger partial charge on any atom is 0.416 e. The van der Waals surface area contributed by atoms with Gasteiger partial charge < -0.3 is 10.0 Å². The van der Waals surface area contributed by atoms with Crippen LogP contribution in [-0.2, 0) is 25.7 Å². The lowest BCUT2D eigenvalue weighted by Crippen LogP contribution is -2.22. The number of pyridine rings is 1. The van der Waals surface area contributed by atoms with Crippen LogP contribution in [0.1, 0.15) is 70.7 Å². The second-order valence-electron chi connectivity index (χ2n) is 10.9. The molecule has 0 aliphatic heterocycles. The van der Waals surface area contributed by atoms with Gasteiger partial charge in [0.25, 0.3) is 0 Å². The van der Waals surface area contributed by atoms with Crippen LogP contribution >= 0.6 is 0 Å². The number of nitrogens with zero attached hydrogens (tertiary/aromatic N) is 2. The Labute approximate surface area is 234 Å². The molecule has 0 radical (unpaired) electrons. The van der Waals surface area contributed by atoms with E-state index in [0.29, 0.717) is 13.0 Å². The normalized spacial score (nSPS) is 14.1. The van der Waals surface area contributed by atoms with Gasteiger partial charge in [0, 0.05) is 25.1 Å². The summed E-state index contributed by atoms with van der Waals surface area (Å²) in [6, 6.07) is 23.8. The number of halogens is 3. The fourth-order valence-corrected chi connectivity index (χ4v) is 5.87. The van der Waals surface area contributed by atoms with Crippen molar-refractivity contribution in [1.29, 1.82) is 0 Å². The van der Waals surface area contributed by atoms with E-state index in [1.54, 1.807) is 12.1 Å². The summed E-state index contributed by atoms with van der Waals surface area (Å²) in [7, 11) is 2.00. The number of anilines is 1. The summed E-state index contributed by atoms with van der Waals surface area (Å²) < 4.78 is 39.8. The lowest BCUT2D eigenvalue weighted by Gasteiger charge is -2.28. The van der Waals surface area contributed by atoms with Crippen molar-refractivity contribution >= 4 is 5.82 Å². The second kappa shape index (κ2) is 11.8. The molecule has 0 amide bonds. The molecule has 1 aliphatic carbocycles. The van der Waals surface area contributed by atoms with Crippen LogP contribution in [0, 0.1) is 6.92 Å². The molecule has 3 aromatic carbocycles. The van der Waals surface area contributed by atoms with Crippen LogP contribution in [-0.4, -0.2) is 17.1 Å². The van der Waals surface area contributed by atoms with Crippen LogP contribution in [0.3, 0.4) is 0 Å². The average molecular weight is 545 g/mol. The Balaban J connectivity index is 1.69. The van der Waals surface area contributed by atoms with Crippen LogP contribution in [0.5, 0.6) is 0 Å². The van der Waals surface area contributed by atoms with Crippen LogP contribution in [0.25, 0.3) is 11.1 Å². The first-order valence-corrected chi connectivity index (χ1v) is 13.9. The Morgan fingerprint density at radius 1 is 0.850 bits per heavy atom. The van der Waals surface area contributed by atoms with Gasteiger partial charge in [-0.2, -0.15) is 13.2 Å². The number of aliphatic hydroxyl groups is 1. The van der Waals surface area contributed by atoms with Gasteiger partial charge in [-0.05, 0) is 66.1 Å². The lowest BCUT2D eigenvalue weighted by atomic mass is 9.85. The fraction of sp³-hybridized carbons (Fsp3) is 0.324. The molecule has 1 aromatic heterocycles. The number of aryl methyl sites for hydroxylation is 1. The molecule has 40 heavy (non-hydrogen) atoms. The largest absolute Gasteiger partial charge is 0.416 e. The van der Waals surface area contributed by atoms with Crippen LogP contribution < -0.4 is 4.90 Å². The molecule has 208 valence electrons. The standard InChI is InChI=1S/C34H35F3N2O/c1-23-12-16-26(17-13-23)31-29(20-24-14-18-28(19-15-24)34(35,36)37)32(27-10-6-7-11-27)38-33(30(31)22-40)39(2)21-25-8-4-3-5-9-25/h3-5,8-9,12-19,27,40H,6-7,10-11,20-22H2,1-2H3. The average Bonchev–Trinajstić information content (AvgIpc) is 3.48. The van der Waals surface area contributed by atoms with Gasteiger partial charge in [0.2, 0.25) is 0 Å². The molecular weight excluding hydrogens is 509 g/mol. The highest BCUT2D eigenvalue weighted by molar-refractivity contribution is 5.77. The number of alkyl halides is 3. The molecule has 0 saturated heterocycles.